The molecule has 0 saturated carbocycles. The van der Waals surface area contributed by atoms with Crippen LogP contribution >= 0.6 is 0 Å². The second-order valence-corrected chi connectivity index (χ2v) is 8.98. The predicted molar refractivity (Wildman–Crippen MR) is 137 cm³/mol. The minimum absolute atomic E-state index is 0.00374. The number of pyridine rings is 1. The van der Waals surface area contributed by atoms with Crippen molar-refractivity contribution in [1.29, 1.82) is 0 Å². The van der Waals surface area contributed by atoms with Crippen LogP contribution in [0, 0.1) is 0 Å². The monoisotopic (exact) mass is 453 g/mol. The SMILES string of the molecule is O=C(CCc1cccnc1)Nc1ccc(-c2nn(CCN3CCCCC3)c3ccccc23)cc1. The highest BCUT2D eigenvalue weighted by atomic mass is 16.1. The molecule has 0 aliphatic carbocycles. The third kappa shape index (κ3) is 5.34. The molecule has 1 aliphatic rings. The molecule has 0 unspecified atom stereocenters. The average molecular weight is 454 g/mol. The van der Waals surface area contributed by atoms with Gasteiger partial charge in [-0.3, -0.25) is 14.5 Å². The van der Waals surface area contributed by atoms with E-state index in [-0.39, 0.29) is 5.91 Å². The first-order chi connectivity index (χ1) is 16.8. The first kappa shape index (κ1) is 22.3. The number of aromatic nitrogens is 3. The summed E-state index contributed by atoms with van der Waals surface area (Å²) in [4.78, 5) is 19.0. The number of fused-ring (bicyclic) bond motifs is 1. The summed E-state index contributed by atoms with van der Waals surface area (Å²) in [6.07, 6.45) is 8.61. The van der Waals surface area contributed by atoms with E-state index in [4.69, 9.17) is 5.10 Å². The second-order valence-electron chi connectivity index (χ2n) is 8.98. The molecule has 6 nitrogen and oxygen atoms in total. The summed E-state index contributed by atoms with van der Waals surface area (Å²) in [5.74, 6) is 0.00374. The zero-order valence-corrected chi connectivity index (χ0v) is 19.5. The summed E-state index contributed by atoms with van der Waals surface area (Å²) < 4.78 is 2.15. The Morgan fingerprint density at radius 2 is 1.74 bits per heavy atom. The van der Waals surface area contributed by atoms with Gasteiger partial charge in [-0.15, -0.1) is 0 Å². The summed E-state index contributed by atoms with van der Waals surface area (Å²) in [6, 6.07) is 20.3. The molecular weight excluding hydrogens is 422 g/mol. The number of hydrogen-bond donors (Lipinski definition) is 1. The number of nitrogens with zero attached hydrogens (tertiary/aromatic N) is 4. The number of amides is 1. The molecule has 0 spiro atoms. The molecule has 1 amide bonds. The minimum Gasteiger partial charge on any atom is -0.326 e. The van der Waals surface area contributed by atoms with E-state index in [1.807, 2.05) is 36.4 Å². The number of hydrogen-bond acceptors (Lipinski definition) is 4. The normalized spacial score (nSPS) is 14.4. The van der Waals surface area contributed by atoms with Crippen LogP contribution in [0.1, 0.15) is 31.2 Å². The Balaban J connectivity index is 1.26. The van der Waals surface area contributed by atoms with Gasteiger partial charge in [0.05, 0.1) is 12.1 Å². The maximum atomic E-state index is 12.4. The summed E-state index contributed by atoms with van der Waals surface area (Å²) >= 11 is 0. The van der Waals surface area contributed by atoms with E-state index in [9.17, 15) is 4.79 Å². The summed E-state index contributed by atoms with van der Waals surface area (Å²) in [7, 11) is 0. The lowest BCUT2D eigenvalue weighted by atomic mass is 10.1. The zero-order valence-electron chi connectivity index (χ0n) is 19.5. The van der Waals surface area contributed by atoms with Crippen LogP contribution < -0.4 is 5.32 Å². The number of likely N-dealkylation sites (tertiary alicyclic amines) is 1. The van der Waals surface area contributed by atoms with Crippen LogP contribution in [-0.4, -0.2) is 45.2 Å². The molecule has 34 heavy (non-hydrogen) atoms. The van der Waals surface area contributed by atoms with Crippen molar-refractivity contribution in [3.63, 3.8) is 0 Å². The number of nitrogens with one attached hydrogen (secondary N) is 1. The van der Waals surface area contributed by atoms with Gasteiger partial charge in [0, 0.05) is 42.0 Å². The Labute approximate surface area is 200 Å². The first-order valence-corrected chi connectivity index (χ1v) is 12.2. The molecule has 174 valence electrons. The second kappa shape index (κ2) is 10.6. The topological polar surface area (TPSA) is 63.1 Å². The molecule has 4 aromatic rings. The van der Waals surface area contributed by atoms with Crippen molar-refractivity contribution in [2.75, 3.05) is 25.0 Å². The maximum Gasteiger partial charge on any atom is 0.224 e. The van der Waals surface area contributed by atoms with Crippen LogP contribution in [0.25, 0.3) is 22.2 Å². The molecular formula is C28H31N5O. The number of carbonyl (C=O) groups is 1. The van der Waals surface area contributed by atoms with E-state index < -0.39 is 0 Å². The van der Waals surface area contributed by atoms with Crippen molar-refractivity contribution in [1.82, 2.24) is 19.7 Å². The van der Waals surface area contributed by atoms with Gasteiger partial charge in [-0.05, 0) is 62.2 Å². The Morgan fingerprint density at radius 3 is 2.53 bits per heavy atom. The molecule has 1 saturated heterocycles. The summed E-state index contributed by atoms with van der Waals surface area (Å²) in [5.41, 5.74) is 5.08. The number of para-hydroxylation sites is 1. The number of rotatable bonds is 8. The Bertz CT molecular complexity index is 1230. The molecule has 2 aromatic heterocycles. The molecule has 5 rings (SSSR count). The zero-order chi connectivity index (χ0) is 23.2. The Morgan fingerprint density at radius 1 is 0.912 bits per heavy atom. The van der Waals surface area contributed by atoms with Crippen molar-refractivity contribution in [3.05, 3.63) is 78.6 Å². The smallest absolute Gasteiger partial charge is 0.224 e. The number of benzene rings is 2. The van der Waals surface area contributed by atoms with Gasteiger partial charge < -0.3 is 10.2 Å². The lowest BCUT2D eigenvalue weighted by Crippen LogP contribution is -2.32. The van der Waals surface area contributed by atoms with Crippen LogP contribution in [0.4, 0.5) is 5.69 Å². The highest BCUT2D eigenvalue weighted by Crippen LogP contribution is 2.29. The largest absolute Gasteiger partial charge is 0.326 e. The van der Waals surface area contributed by atoms with Crippen LogP contribution in [0.5, 0.6) is 0 Å². The van der Waals surface area contributed by atoms with Crippen molar-refractivity contribution >= 4 is 22.5 Å². The van der Waals surface area contributed by atoms with Gasteiger partial charge in [0.15, 0.2) is 0 Å². The van der Waals surface area contributed by atoms with Crippen molar-refractivity contribution in [2.45, 2.75) is 38.6 Å². The number of carbonyl (C=O) groups excluding carboxylic acids is 1. The molecule has 6 heteroatoms. The Kier molecular flexibility index (Phi) is 6.96. The fourth-order valence-electron chi connectivity index (χ4n) is 4.67. The fraction of sp³-hybridized carbons (Fsp3) is 0.321. The average Bonchev–Trinajstić information content (AvgIpc) is 3.27. The van der Waals surface area contributed by atoms with Crippen molar-refractivity contribution in [2.24, 2.45) is 0 Å². The van der Waals surface area contributed by atoms with Gasteiger partial charge in [0.2, 0.25) is 5.91 Å². The first-order valence-electron chi connectivity index (χ1n) is 12.2. The van der Waals surface area contributed by atoms with Gasteiger partial charge >= 0.3 is 0 Å². The molecule has 0 bridgehead atoms. The van der Waals surface area contributed by atoms with E-state index in [0.29, 0.717) is 12.8 Å². The van der Waals surface area contributed by atoms with E-state index in [1.54, 1.807) is 12.4 Å². The standard InChI is InChI=1S/C28H31N5O/c34-27(15-10-22-7-6-16-29-21-22)30-24-13-11-23(12-14-24)28-25-8-2-3-9-26(25)33(31-28)20-19-32-17-4-1-5-18-32/h2-3,6-9,11-14,16,21H,1,4-5,10,15,17-20H2,(H,30,34). The highest BCUT2D eigenvalue weighted by Gasteiger charge is 2.15. The third-order valence-electron chi connectivity index (χ3n) is 6.54. The van der Waals surface area contributed by atoms with Crippen LogP contribution in [0.3, 0.4) is 0 Å². The van der Waals surface area contributed by atoms with Crippen molar-refractivity contribution in [3.8, 4) is 11.3 Å². The third-order valence-corrected chi connectivity index (χ3v) is 6.54. The molecule has 0 radical (unpaired) electrons. The number of piperidine rings is 1. The lowest BCUT2D eigenvalue weighted by Gasteiger charge is -2.26. The summed E-state index contributed by atoms with van der Waals surface area (Å²) in [6.45, 7) is 4.32. The highest BCUT2D eigenvalue weighted by molar-refractivity contribution is 5.94. The van der Waals surface area contributed by atoms with Gasteiger partial charge in [-0.2, -0.15) is 5.10 Å². The van der Waals surface area contributed by atoms with Gasteiger partial charge in [0.25, 0.3) is 0 Å². The number of aryl methyl sites for hydroxylation is 1. The molecule has 0 atom stereocenters. The van der Waals surface area contributed by atoms with Gasteiger partial charge in [0.1, 0.15) is 5.69 Å². The van der Waals surface area contributed by atoms with Gasteiger partial charge in [-0.1, -0.05) is 42.8 Å². The van der Waals surface area contributed by atoms with E-state index in [1.165, 1.54) is 37.9 Å². The van der Waals surface area contributed by atoms with E-state index >= 15 is 0 Å². The fourth-order valence-corrected chi connectivity index (χ4v) is 4.67. The van der Waals surface area contributed by atoms with Crippen molar-refractivity contribution < 1.29 is 4.79 Å². The quantitative estimate of drug-likeness (QED) is 0.400. The van der Waals surface area contributed by atoms with Crippen LogP contribution in [-0.2, 0) is 17.8 Å². The molecule has 1 aliphatic heterocycles. The minimum atomic E-state index is 0.00374. The van der Waals surface area contributed by atoms with Gasteiger partial charge in [-0.25, -0.2) is 0 Å². The predicted octanol–water partition coefficient (Wildman–Crippen LogP) is 5.16. The lowest BCUT2D eigenvalue weighted by molar-refractivity contribution is -0.116. The molecule has 1 fully saturated rings. The number of anilines is 1. The van der Waals surface area contributed by atoms with E-state index in [2.05, 4.69) is 44.1 Å². The maximum absolute atomic E-state index is 12.4. The molecule has 2 aromatic carbocycles. The molecule has 3 heterocycles. The van der Waals surface area contributed by atoms with Crippen LogP contribution in [0.2, 0.25) is 0 Å². The Hall–Kier alpha value is -3.51. The van der Waals surface area contributed by atoms with E-state index in [0.717, 1.165) is 41.0 Å². The van der Waals surface area contributed by atoms with Crippen LogP contribution in [0.15, 0.2) is 73.1 Å². The molecule has 1 N–H and O–H groups in total. The summed E-state index contributed by atoms with van der Waals surface area (Å²) in [5, 5.41) is 9.16.